The number of aromatic nitrogens is 5. The highest BCUT2D eigenvalue weighted by Gasteiger charge is 2.41. The van der Waals surface area contributed by atoms with Crippen molar-refractivity contribution in [2.24, 2.45) is 0 Å². The Morgan fingerprint density at radius 3 is 2.23 bits per heavy atom. The Labute approximate surface area is 262 Å². The minimum absolute atomic E-state index is 0.108. The molecule has 1 aliphatic rings. The van der Waals surface area contributed by atoms with Gasteiger partial charge < -0.3 is 20.1 Å². The number of H-pyrrole nitrogens is 1. The van der Waals surface area contributed by atoms with Crippen LogP contribution < -0.4 is 15.8 Å². The van der Waals surface area contributed by atoms with Gasteiger partial charge in [0, 0.05) is 61.1 Å². The largest absolute Gasteiger partial charge is 0.369 e. The number of aromatic amines is 1. The van der Waals surface area contributed by atoms with Gasteiger partial charge in [-0.05, 0) is 54.9 Å². The van der Waals surface area contributed by atoms with E-state index in [-0.39, 0.29) is 5.56 Å². The number of anilines is 3. The summed E-state index contributed by atoms with van der Waals surface area (Å²) in [6, 6.07) is 8.38. The molecule has 9 nitrogen and oxygen atoms in total. The van der Waals surface area contributed by atoms with Gasteiger partial charge in [-0.3, -0.25) is 9.36 Å². The molecular weight excluding hydrogens is 565 g/mol. The van der Waals surface area contributed by atoms with Gasteiger partial charge in [-0.15, -0.1) is 5.54 Å². The Hall–Kier alpha value is -3.94. The molecule has 0 bridgehead atoms. The monoisotopic (exact) mass is 610 g/mol. The summed E-state index contributed by atoms with van der Waals surface area (Å²) >= 11 is 0. The Morgan fingerprint density at radius 1 is 0.977 bits per heavy atom. The standard InChI is InChI=1S/C34H46N8OSi/c1-23(2)44(24(3)4,25(5)6)18-13-30-26(7)33(43)42(21-28-19-35-22-37-28)32-31(30)20-36-34(39-32)38-27-9-11-29(12-10-27)41-16-14-40(8)15-17-41/h9-12,19-20,22-25H,14-17,21H2,1-8H3,(H,35,37)(H,36,38,39). The number of hydrogen-bond acceptors (Lipinski definition) is 7. The summed E-state index contributed by atoms with van der Waals surface area (Å²) in [5, 5.41) is 4.14. The molecule has 0 radical (unpaired) electrons. The molecule has 4 aromatic rings. The lowest BCUT2D eigenvalue weighted by molar-refractivity contribution is 0.313. The molecule has 1 aromatic carbocycles. The van der Waals surface area contributed by atoms with Gasteiger partial charge >= 0.3 is 0 Å². The van der Waals surface area contributed by atoms with E-state index in [0.29, 0.717) is 40.3 Å². The van der Waals surface area contributed by atoms with Gasteiger partial charge in [0.25, 0.3) is 5.56 Å². The molecule has 1 saturated heterocycles. The zero-order chi connectivity index (χ0) is 31.6. The van der Waals surface area contributed by atoms with Gasteiger partial charge in [0.05, 0.1) is 24.0 Å². The van der Waals surface area contributed by atoms with Crippen molar-refractivity contribution < 1.29 is 0 Å². The Balaban J connectivity index is 1.57. The average Bonchev–Trinajstić information content (AvgIpc) is 3.51. The van der Waals surface area contributed by atoms with Crippen molar-refractivity contribution >= 4 is 36.4 Å². The predicted octanol–water partition coefficient (Wildman–Crippen LogP) is 5.94. The number of likely N-dealkylation sites (N-methyl/N-ethyl adjacent to an activating group) is 1. The Morgan fingerprint density at radius 2 is 1.64 bits per heavy atom. The zero-order valence-corrected chi connectivity index (χ0v) is 28.4. The molecular formula is C34H46N8OSi. The number of benzene rings is 1. The number of nitrogens with zero attached hydrogens (tertiary/aromatic N) is 6. The second-order valence-corrected chi connectivity index (χ2v) is 18.6. The van der Waals surface area contributed by atoms with Crippen LogP contribution in [0.3, 0.4) is 0 Å². The fourth-order valence-electron chi connectivity index (χ4n) is 6.83. The van der Waals surface area contributed by atoms with Crippen LogP contribution in [-0.2, 0) is 6.54 Å². The number of hydrogen-bond donors (Lipinski definition) is 2. The van der Waals surface area contributed by atoms with Crippen molar-refractivity contribution in [2.45, 2.75) is 71.6 Å². The maximum absolute atomic E-state index is 13.9. The summed E-state index contributed by atoms with van der Waals surface area (Å²) in [4.78, 5) is 35.6. The van der Waals surface area contributed by atoms with Crippen molar-refractivity contribution in [3.05, 3.63) is 70.2 Å². The van der Waals surface area contributed by atoms with Gasteiger partial charge in [-0.1, -0.05) is 47.5 Å². The van der Waals surface area contributed by atoms with Gasteiger partial charge in [-0.25, -0.2) is 9.97 Å². The molecule has 0 aliphatic carbocycles. The highest BCUT2D eigenvalue weighted by Crippen LogP contribution is 2.41. The van der Waals surface area contributed by atoms with Crippen molar-refractivity contribution in [1.82, 2.24) is 29.4 Å². The number of piperazine rings is 1. The van der Waals surface area contributed by atoms with E-state index in [1.165, 1.54) is 5.69 Å². The molecule has 232 valence electrons. The number of nitrogens with one attached hydrogen (secondary N) is 2. The number of fused-ring (bicyclic) bond motifs is 1. The Bertz CT molecular complexity index is 1680. The van der Waals surface area contributed by atoms with Gasteiger partial charge in [0.1, 0.15) is 13.7 Å². The highest BCUT2D eigenvalue weighted by molar-refractivity contribution is 6.90. The van der Waals surface area contributed by atoms with Gasteiger partial charge in [-0.2, -0.15) is 4.98 Å². The summed E-state index contributed by atoms with van der Waals surface area (Å²) in [7, 11) is 0.135. The van der Waals surface area contributed by atoms with Crippen LogP contribution in [0, 0.1) is 18.4 Å². The maximum Gasteiger partial charge on any atom is 0.256 e. The molecule has 10 heteroatoms. The van der Waals surface area contributed by atoms with Crippen molar-refractivity contribution in [3.8, 4) is 11.5 Å². The summed E-state index contributed by atoms with van der Waals surface area (Å²) < 4.78 is 1.70. The van der Waals surface area contributed by atoms with Crippen LogP contribution in [0.1, 0.15) is 58.4 Å². The molecule has 5 rings (SSSR count). The van der Waals surface area contributed by atoms with Gasteiger partial charge in [0.15, 0.2) is 0 Å². The van der Waals surface area contributed by atoms with Crippen LogP contribution in [-0.4, -0.2) is 70.7 Å². The minimum Gasteiger partial charge on any atom is -0.369 e. The van der Waals surface area contributed by atoms with E-state index in [2.05, 4.69) is 109 Å². The molecule has 1 fully saturated rings. The summed E-state index contributed by atoms with van der Waals surface area (Å²) in [6.45, 7) is 20.1. The van der Waals surface area contributed by atoms with E-state index in [9.17, 15) is 4.79 Å². The molecule has 0 amide bonds. The zero-order valence-electron chi connectivity index (χ0n) is 27.4. The normalized spacial score (nSPS) is 14.5. The fourth-order valence-corrected chi connectivity index (χ4v) is 12.0. The van der Waals surface area contributed by atoms with Crippen LogP contribution in [0.25, 0.3) is 11.0 Å². The quantitative estimate of drug-likeness (QED) is 0.188. The minimum atomic E-state index is -2.03. The molecule has 2 N–H and O–H groups in total. The Kier molecular flexibility index (Phi) is 9.28. The lowest BCUT2D eigenvalue weighted by atomic mass is 10.1. The molecule has 0 atom stereocenters. The SMILES string of the molecule is Cc1c(C#C[Si](C(C)C)(C(C)C)C(C)C)c2cnc(Nc3ccc(N4CCN(C)CC4)cc3)nc2n(Cc2cnc[nH]2)c1=O. The summed E-state index contributed by atoms with van der Waals surface area (Å²) in [5.74, 6) is 3.98. The third-order valence-corrected chi connectivity index (χ3v) is 15.7. The molecule has 3 aromatic heterocycles. The van der Waals surface area contributed by atoms with Crippen molar-refractivity contribution in [2.75, 3.05) is 43.4 Å². The molecule has 0 saturated carbocycles. The van der Waals surface area contributed by atoms with Crippen LogP contribution >= 0.6 is 0 Å². The van der Waals surface area contributed by atoms with E-state index < -0.39 is 8.07 Å². The van der Waals surface area contributed by atoms with Gasteiger partial charge in [0.2, 0.25) is 5.95 Å². The van der Waals surface area contributed by atoms with Crippen LogP contribution in [0.15, 0.2) is 47.8 Å². The number of pyridine rings is 1. The van der Waals surface area contributed by atoms with Crippen molar-refractivity contribution in [3.63, 3.8) is 0 Å². The van der Waals surface area contributed by atoms with E-state index in [1.54, 1.807) is 17.1 Å². The number of imidazole rings is 1. The van der Waals surface area contributed by atoms with Crippen LogP contribution in [0.2, 0.25) is 16.6 Å². The number of rotatable bonds is 8. The predicted molar refractivity (Wildman–Crippen MR) is 184 cm³/mol. The maximum atomic E-state index is 13.9. The molecule has 0 spiro atoms. The van der Waals surface area contributed by atoms with E-state index >= 15 is 0 Å². The van der Waals surface area contributed by atoms with Crippen LogP contribution in [0.5, 0.6) is 0 Å². The van der Waals surface area contributed by atoms with E-state index in [0.717, 1.165) is 48.5 Å². The van der Waals surface area contributed by atoms with E-state index in [1.807, 2.05) is 13.1 Å². The second-order valence-electron chi connectivity index (χ2n) is 13.0. The summed E-state index contributed by atoms with van der Waals surface area (Å²) in [5.41, 5.74) is 9.97. The van der Waals surface area contributed by atoms with E-state index in [4.69, 9.17) is 9.97 Å². The topological polar surface area (TPSA) is 95.0 Å². The first kappa shape index (κ1) is 31.5. The molecule has 44 heavy (non-hydrogen) atoms. The lowest BCUT2D eigenvalue weighted by Crippen LogP contribution is -2.44. The smallest absolute Gasteiger partial charge is 0.256 e. The first-order valence-corrected chi connectivity index (χ1v) is 18.0. The fraction of sp³-hybridized carbons (Fsp3) is 0.471. The molecule has 4 heterocycles. The lowest BCUT2D eigenvalue weighted by Gasteiger charge is -2.38. The second kappa shape index (κ2) is 13.0. The third-order valence-electron chi connectivity index (χ3n) is 9.38. The average molecular weight is 611 g/mol. The first-order valence-electron chi connectivity index (χ1n) is 15.7. The highest BCUT2D eigenvalue weighted by atomic mass is 28.3. The molecule has 1 aliphatic heterocycles. The van der Waals surface area contributed by atoms with Crippen molar-refractivity contribution in [1.29, 1.82) is 0 Å². The summed E-state index contributed by atoms with van der Waals surface area (Å²) in [6.07, 6.45) is 5.17. The molecule has 0 unspecified atom stereocenters. The first-order chi connectivity index (χ1) is 21.0. The third kappa shape index (κ3) is 6.17. The van der Waals surface area contributed by atoms with Crippen LogP contribution in [0.4, 0.5) is 17.3 Å².